The van der Waals surface area contributed by atoms with Crippen LogP contribution in [0.25, 0.3) is 11.1 Å². The Morgan fingerprint density at radius 1 is 1.32 bits per heavy atom. The van der Waals surface area contributed by atoms with Gasteiger partial charge in [-0.1, -0.05) is 0 Å². The van der Waals surface area contributed by atoms with Crippen molar-refractivity contribution in [3.63, 3.8) is 0 Å². The van der Waals surface area contributed by atoms with Gasteiger partial charge in [-0.05, 0) is 50.6 Å². The van der Waals surface area contributed by atoms with Gasteiger partial charge >= 0.3 is 0 Å². The van der Waals surface area contributed by atoms with Gasteiger partial charge in [0.2, 0.25) is 0 Å². The van der Waals surface area contributed by atoms with Crippen LogP contribution in [0.3, 0.4) is 0 Å². The zero-order valence-corrected chi connectivity index (χ0v) is 14.4. The molecule has 1 amide bonds. The lowest BCUT2D eigenvalue weighted by molar-refractivity contribution is -0.0747. The fourth-order valence-corrected chi connectivity index (χ4v) is 4.76. The molecule has 3 heterocycles. The maximum absolute atomic E-state index is 12.8. The molecule has 0 radical (unpaired) electrons. The Morgan fingerprint density at radius 2 is 2.16 bits per heavy atom. The van der Waals surface area contributed by atoms with Gasteiger partial charge in [-0.25, -0.2) is 4.98 Å². The highest BCUT2D eigenvalue weighted by Crippen LogP contribution is 2.43. The van der Waals surface area contributed by atoms with Gasteiger partial charge in [0.1, 0.15) is 5.52 Å². The normalized spacial score (nSPS) is 31.9. The zero-order valence-electron chi connectivity index (χ0n) is 14.4. The van der Waals surface area contributed by atoms with Crippen LogP contribution in [0, 0.1) is 12.8 Å². The minimum atomic E-state index is -0.0319. The summed E-state index contributed by atoms with van der Waals surface area (Å²) in [5, 5.41) is 3.28. The van der Waals surface area contributed by atoms with E-state index in [4.69, 9.17) is 9.15 Å². The van der Waals surface area contributed by atoms with Crippen molar-refractivity contribution in [3.05, 3.63) is 29.7 Å². The Labute approximate surface area is 146 Å². The van der Waals surface area contributed by atoms with Crippen molar-refractivity contribution >= 4 is 17.0 Å². The number of aromatic nitrogens is 1. The molecule has 1 aromatic carbocycles. The number of carbonyl (C=O) groups is 1. The van der Waals surface area contributed by atoms with Crippen molar-refractivity contribution in [1.82, 2.24) is 15.2 Å². The van der Waals surface area contributed by atoms with Crippen molar-refractivity contribution in [2.75, 3.05) is 19.7 Å². The van der Waals surface area contributed by atoms with Crippen molar-refractivity contribution in [2.24, 2.45) is 5.92 Å². The number of likely N-dealkylation sites (tertiary alicyclic amines) is 1. The number of oxazole rings is 1. The summed E-state index contributed by atoms with van der Waals surface area (Å²) in [5.74, 6) is 1.04. The summed E-state index contributed by atoms with van der Waals surface area (Å²) in [7, 11) is 0. The summed E-state index contributed by atoms with van der Waals surface area (Å²) in [4.78, 5) is 19.6. The molecular formula is C19H23N3O3. The summed E-state index contributed by atoms with van der Waals surface area (Å²) in [6, 6.07) is 5.98. The number of hydrogen-bond acceptors (Lipinski definition) is 5. The molecule has 1 aliphatic carbocycles. The molecule has 1 saturated carbocycles. The van der Waals surface area contributed by atoms with E-state index in [1.807, 2.05) is 19.1 Å². The van der Waals surface area contributed by atoms with Gasteiger partial charge in [0.05, 0.1) is 18.2 Å². The maximum Gasteiger partial charge on any atom is 0.251 e. The van der Waals surface area contributed by atoms with Crippen LogP contribution in [-0.2, 0) is 4.74 Å². The number of aryl methyl sites for hydroxylation is 1. The predicted octanol–water partition coefficient (Wildman–Crippen LogP) is 2.12. The van der Waals surface area contributed by atoms with Crippen LogP contribution < -0.4 is 5.32 Å². The molecule has 0 unspecified atom stereocenters. The largest absolute Gasteiger partial charge is 0.441 e. The number of hydrogen-bond donors (Lipinski definition) is 1. The third-order valence-corrected chi connectivity index (χ3v) is 5.97. The Balaban J connectivity index is 1.36. The number of fused-ring (bicyclic) bond motifs is 2. The first-order valence-electron chi connectivity index (χ1n) is 9.24. The maximum atomic E-state index is 12.8. The van der Waals surface area contributed by atoms with E-state index in [2.05, 4.69) is 15.2 Å². The lowest BCUT2D eigenvalue weighted by Crippen LogP contribution is -2.70. The summed E-state index contributed by atoms with van der Waals surface area (Å²) in [5.41, 5.74) is 2.08. The number of rotatable bonds is 3. The molecule has 2 saturated heterocycles. The molecule has 25 heavy (non-hydrogen) atoms. The summed E-state index contributed by atoms with van der Waals surface area (Å²) in [6.45, 7) is 4.87. The van der Waals surface area contributed by atoms with Gasteiger partial charge in [-0.2, -0.15) is 0 Å². The molecule has 0 spiro atoms. The van der Waals surface area contributed by atoms with Gasteiger partial charge in [-0.3, -0.25) is 9.69 Å². The molecule has 1 aromatic heterocycles. The highest BCUT2D eigenvalue weighted by atomic mass is 16.5. The molecule has 132 valence electrons. The average molecular weight is 341 g/mol. The molecule has 1 N–H and O–H groups in total. The first-order valence-corrected chi connectivity index (χ1v) is 9.24. The molecule has 2 aromatic rings. The van der Waals surface area contributed by atoms with E-state index in [0.29, 0.717) is 35.1 Å². The summed E-state index contributed by atoms with van der Waals surface area (Å²) >= 11 is 0. The second-order valence-electron chi connectivity index (χ2n) is 7.44. The van der Waals surface area contributed by atoms with Gasteiger partial charge in [0, 0.05) is 25.0 Å². The SMILES string of the molecule is Cc1nc2ccc(C(=O)N[C@H]3[C@H]4CCO[C@H]4[C@@H]3N3CCCC3)cc2o1. The monoisotopic (exact) mass is 341 g/mol. The van der Waals surface area contributed by atoms with Gasteiger partial charge in [-0.15, -0.1) is 0 Å². The number of carbonyl (C=O) groups excluding carboxylic acids is 1. The van der Waals surface area contributed by atoms with Crippen molar-refractivity contribution in [2.45, 2.75) is 44.4 Å². The fourth-order valence-electron chi connectivity index (χ4n) is 4.76. The smallest absolute Gasteiger partial charge is 0.251 e. The minimum Gasteiger partial charge on any atom is -0.441 e. The van der Waals surface area contributed by atoms with E-state index in [-0.39, 0.29) is 11.9 Å². The predicted molar refractivity (Wildman–Crippen MR) is 92.4 cm³/mol. The molecule has 3 fully saturated rings. The van der Waals surface area contributed by atoms with Crippen molar-refractivity contribution in [3.8, 4) is 0 Å². The molecular weight excluding hydrogens is 318 g/mol. The van der Waals surface area contributed by atoms with Crippen LogP contribution in [0.2, 0.25) is 0 Å². The van der Waals surface area contributed by atoms with Crippen LogP contribution >= 0.6 is 0 Å². The van der Waals surface area contributed by atoms with E-state index in [1.165, 1.54) is 12.8 Å². The second-order valence-corrected chi connectivity index (χ2v) is 7.44. The first-order chi connectivity index (χ1) is 12.2. The number of benzene rings is 1. The van der Waals surface area contributed by atoms with E-state index < -0.39 is 0 Å². The first kappa shape index (κ1) is 15.3. The zero-order chi connectivity index (χ0) is 17.0. The van der Waals surface area contributed by atoms with Crippen LogP contribution in [0.5, 0.6) is 0 Å². The molecule has 0 bridgehead atoms. The Morgan fingerprint density at radius 3 is 3.00 bits per heavy atom. The molecule has 2 aliphatic heterocycles. The fraction of sp³-hybridized carbons (Fsp3) is 0.579. The highest BCUT2D eigenvalue weighted by molar-refractivity contribution is 5.97. The third-order valence-electron chi connectivity index (χ3n) is 5.97. The van der Waals surface area contributed by atoms with Gasteiger partial charge in [0.25, 0.3) is 5.91 Å². The Hall–Kier alpha value is -1.92. The number of amides is 1. The van der Waals surface area contributed by atoms with Crippen LogP contribution in [0.15, 0.2) is 22.6 Å². The summed E-state index contributed by atoms with van der Waals surface area (Å²) in [6.07, 6.45) is 3.83. The summed E-state index contributed by atoms with van der Waals surface area (Å²) < 4.78 is 11.5. The van der Waals surface area contributed by atoms with Crippen molar-refractivity contribution < 1.29 is 13.9 Å². The molecule has 6 nitrogen and oxygen atoms in total. The van der Waals surface area contributed by atoms with Crippen molar-refractivity contribution in [1.29, 1.82) is 0 Å². The van der Waals surface area contributed by atoms with E-state index >= 15 is 0 Å². The minimum absolute atomic E-state index is 0.0319. The van der Waals surface area contributed by atoms with Crippen LogP contribution in [0.1, 0.15) is 35.5 Å². The molecule has 6 heteroatoms. The average Bonchev–Trinajstić information content (AvgIpc) is 3.31. The standard InChI is InChI=1S/C19H23N3O3/c1-11-20-14-5-4-12(10-15(14)25-11)19(23)21-16-13-6-9-24-18(13)17(16)22-7-2-3-8-22/h4-5,10,13,16-18H,2-3,6-9H2,1H3,(H,21,23)/t13-,16+,17-,18-/m1/s1. The van der Waals surface area contributed by atoms with Crippen LogP contribution in [-0.4, -0.2) is 53.7 Å². The Kier molecular flexibility index (Phi) is 3.57. The highest BCUT2D eigenvalue weighted by Gasteiger charge is 2.56. The van der Waals surface area contributed by atoms with Gasteiger partial charge < -0.3 is 14.5 Å². The number of nitrogens with one attached hydrogen (secondary N) is 1. The molecule has 3 aliphatic rings. The topological polar surface area (TPSA) is 67.6 Å². The number of ether oxygens (including phenoxy) is 1. The number of nitrogens with zero attached hydrogens (tertiary/aromatic N) is 2. The van der Waals surface area contributed by atoms with E-state index in [9.17, 15) is 4.79 Å². The quantitative estimate of drug-likeness (QED) is 0.926. The van der Waals surface area contributed by atoms with E-state index in [0.717, 1.165) is 31.6 Å². The third kappa shape index (κ3) is 2.47. The Bertz CT molecular complexity index is 807. The van der Waals surface area contributed by atoms with Gasteiger partial charge in [0.15, 0.2) is 11.5 Å². The van der Waals surface area contributed by atoms with E-state index in [1.54, 1.807) is 6.07 Å². The lowest BCUT2D eigenvalue weighted by atomic mass is 9.70. The second kappa shape index (κ2) is 5.81. The molecule has 4 atom stereocenters. The molecule has 5 rings (SSSR count). The lowest BCUT2D eigenvalue weighted by Gasteiger charge is -2.51. The van der Waals surface area contributed by atoms with Crippen LogP contribution in [0.4, 0.5) is 0 Å².